The van der Waals surface area contributed by atoms with Crippen LogP contribution in [0.15, 0.2) is 72.8 Å². The quantitative estimate of drug-likeness (QED) is 0.464. The molecule has 1 amide bonds. The summed E-state index contributed by atoms with van der Waals surface area (Å²) in [6.07, 6.45) is 0. The number of hydrogen-bond donors (Lipinski definition) is 1. The molecule has 0 bridgehead atoms. The van der Waals surface area contributed by atoms with Crippen LogP contribution < -0.4 is 19.5 Å². The molecule has 7 heteroatoms. The number of amides is 1. The summed E-state index contributed by atoms with van der Waals surface area (Å²) in [5.41, 5.74) is 1.77. The average Bonchev–Trinajstić information content (AvgIpc) is 2.86. The second-order valence-electron chi connectivity index (χ2n) is 7.23. The van der Waals surface area contributed by atoms with Gasteiger partial charge in [0.1, 0.15) is 23.9 Å². The molecular weight excluding hydrogens is 422 g/mol. The van der Waals surface area contributed by atoms with Gasteiger partial charge in [0.25, 0.3) is 5.91 Å². The van der Waals surface area contributed by atoms with Crippen molar-refractivity contribution in [3.63, 3.8) is 0 Å². The van der Waals surface area contributed by atoms with Gasteiger partial charge in [0, 0.05) is 11.1 Å². The molecule has 0 aliphatic rings. The van der Waals surface area contributed by atoms with Gasteiger partial charge < -0.3 is 24.3 Å². The van der Waals surface area contributed by atoms with Crippen LogP contribution in [-0.4, -0.2) is 32.7 Å². The van der Waals surface area contributed by atoms with Crippen molar-refractivity contribution in [3.05, 3.63) is 89.5 Å². The second kappa shape index (κ2) is 11.6. The van der Waals surface area contributed by atoms with Gasteiger partial charge in [-0.05, 0) is 43.3 Å². The lowest BCUT2D eigenvalue weighted by Crippen LogP contribution is -2.31. The molecule has 0 aliphatic carbocycles. The van der Waals surface area contributed by atoms with Crippen LogP contribution >= 0.6 is 0 Å². The van der Waals surface area contributed by atoms with E-state index in [1.54, 1.807) is 50.6 Å². The van der Waals surface area contributed by atoms with Crippen LogP contribution in [0.1, 0.15) is 34.5 Å². The summed E-state index contributed by atoms with van der Waals surface area (Å²) in [4.78, 5) is 25.1. The van der Waals surface area contributed by atoms with Gasteiger partial charge in [-0.3, -0.25) is 4.79 Å². The lowest BCUT2D eigenvalue weighted by atomic mass is 10.1. The Morgan fingerprint density at radius 2 is 1.61 bits per heavy atom. The van der Waals surface area contributed by atoms with Crippen molar-refractivity contribution in [1.29, 1.82) is 0 Å². The first kappa shape index (κ1) is 23.7. The van der Waals surface area contributed by atoms with Crippen molar-refractivity contribution in [1.82, 2.24) is 5.32 Å². The van der Waals surface area contributed by atoms with Crippen molar-refractivity contribution in [2.45, 2.75) is 19.6 Å². The van der Waals surface area contributed by atoms with E-state index in [1.807, 2.05) is 43.3 Å². The fourth-order valence-electron chi connectivity index (χ4n) is 3.27. The Labute approximate surface area is 193 Å². The summed E-state index contributed by atoms with van der Waals surface area (Å²) in [6.45, 7) is 1.60. The lowest BCUT2D eigenvalue weighted by Gasteiger charge is -2.18. The molecule has 0 saturated heterocycles. The van der Waals surface area contributed by atoms with Crippen molar-refractivity contribution in [2.24, 2.45) is 0 Å². The SMILES string of the molecule is COc1ccc(OC)c(C(C)NC(=O)COC(=O)c2ccccc2COc2ccccc2)c1. The Hall–Kier alpha value is -4.00. The molecule has 1 N–H and O–H groups in total. The van der Waals surface area contributed by atoms with E-state index in [4.69, 9.17) is 18.9 Å². The molecule has 0 saturated carbocycles. The highest BCUT2D eigenvalue weighted by molar-refractivity contribution is 5.92. The number of ether oxygens (including phenoxy) is 4. The highest BCUT2D eigenvalue weighted by Gasteiger charge is 2.18. The fraction of sp³-hybridized carbons (Fsp3) is 0.231. The molecule has 0 fully saturated rings. The van der Waals surface area contributed by atoms with Crippen LogP contribution in [0.5, 0.6) is 17.2 Å². The van der Waals surface area contributed by atoms with Gasteiger partial charge in [0.15, 0.2) is 6.61 Å². The van der Waals surface area contributed by atoms with Gasteiger partial charge in [-0.2, -0.15) is 0 Å². The minimum atomic E-state index is -0.593. The maximum absolute atomic E-state index is 12.6. The predicted octanol–water partition coefficient (Wildman–Crippen LogP) is 4.32. The van der Waals surface area contributed by atoms with Crippen molar-refractivity contribution in [3.8, 4) is 17.2 Å². The standard InChI is InChI=1S/C26H27NO6/c1-18(23-15-21(30-2)13-14-24(23)31-3)27-25(28)17-33-26(29)22-12-8-7-9-19(22)16-32-20-10-5-4-6-11-20/h4-15,18H,16-17H2,1-3H3,(H,27,28). The number of esters is 1. The normalized spacial score (nSPS) is 11.2. The molecule has 3 rings (SSSR count). The first-order valence-electron chi connectivity index (χ1n) is 10.5. The molecule has 172 valence electrons. The van der Waals surface area contributed by atoms with E-state index in [2.05, 4.69) is 5.32 Å². The van der Waals surface area contributed by atoms with E-state index in [0.29, 0.717) is 28.4 Å². The predicted molar refractivity (Wildman–Crippen MR) is 124 cm³/mol. The number of para-hydroxylation sites is 1. The molecule has 7 nitrogen and oxygen atoms in total. The first-order chi connectivity index (χ1) is 16.0. The van der Waals surface area contributed by atoms with Crippen molar-refractivity contribution in [2.75, 3.05) is 20.8 Å². The molecule has 3 aromatic rings. The highest BCUT2D eigenvalue weighted by atomic mass is 16.5. The largest absolute Gasteiger partial charge is 0.497 e. The number of carbonyl (C=O) groups excluding carboxylic acids is 2. The van der Waals surface area contributed by atoms with Gasteiger partial charge in [-0.15, -0.1) is 0 Å². The highest BCUT2D eigenvalue weighted by Crippen LogP contribution is 2.29. The number of nitrogens with one attached hydrogen (secondary N) is 1. The Morgan fingerprint density at radius 1 is 0.879 bits per heavy atom. The van der Waals surface area contributed by atoms with Crippen LogP contribution in [0.2, 0.25) is 0 Å². The summed E-state index contributed by atoms with van der Waals surface area (Å²) in [7, 11) is 3.12. The molecule has 1 unspecified atom stereocenters. The van der Waals surface area contributed by atoms with Gasteiger partial charge >= 0.3 is 5.97 Å². The van der Waals surface area contributed by atoms with E-state index in [0.717, 1.165) is 5.56 Å². The summed E-state index contributed by atoms with van der Waals surface area (Å²) in [6, 6.07) is 21.3. The minimum Gasteiger partial charge on any atom is -0.497 e. The summed E-state index contributed by atoms with van der Waals surface area (Å²) in [5.74, 6) is 0.936. The van der Waals surface area contributed by atoms with Gasteiger partial charge in [0.05, 0.1) is 25.8 Å². The Kier molecular flexibility index (Phi) is 8.30. The third-order valence-corrected chi connectivity index (χ3v) is 4.99. The van der Waals surface area contributed by atoms with Gasteiger partial charge in [-0.25, -0.2) is 4.79 Å². The van der Waals surface area contributed by atoms with Crippen molar-refractivity contribution < 1.29 is 28.5 Å². The van der Waals surface area contributed by atoms with E-state index < -0.39 is 18.5 Å². The van der Waals surface area contributed by atoms with Gasteiger partial charge in [0.2, 0.25) is 0 Å². The maximum atomic E-state index is 12.6. The Balaban J connectivity index is 1.58. The third kappa shape index (κ3) is 6.49. The molecule has 3 aromatic carbocycles. The molecule has 33 heavy (non-hydrogen) atoms. The first-order valence-corrected chi connectivity index (χ1v) is 10.5. The molecule has 0 radical (unpaired) electrons. The zero-order chi connectivity index (χ0) is 23.6. The molecule has 0 heterocycles. The summed E-state index contributed by atoms with van der Waals surface area (Å²) in [5, 5.41) is 2.81. The monoisotopic (exact) mass is 449 g/mol. The van der Waals surface area contributed by atoms with Crippen LogP contribution in [0, 0.1) is 0 Å². The number of benzene rings is 3. The van der Waals surface area contributed by atoms with E-state index in [1.165, 1.54) is 0 Å². The van der Waals surface area contributed by atoms with Crippen LogP contribution in [-0.2, 0) is 16.1 Å². The molecule has 1 atom stereocenters. The van der Waals surface area contributed by atoms with Gasteiger partial charge in [-0.1, -0.05) is 36.4 Å². The molecule has 0 aromatic heterocycles. The number of hydrogen-bond acceptors (Lipinski definition) is 6. The second-order valence-corrected chi connectivity index (χ2v) is 7.23. The minimum absolute atomic E-state index is 0.203. The zero-order valence-electron chi connectivity index (χ0n) is 18.9. The smallest absolute Gasteiger partial charge is 0.339 e. The summed E-state index contributed by atoms with van der Waals surface area (Å²) < 4.78 is 21.6. The zero-order valence-corrected chi connectivity index (χ0v) is 18.9. The van der Waals surface area contributed by atoms with Crippen LogP contribution in [0.3, 0.4) is 0 Å². The Morgan fingerprint density at radius 3 is 2.33 bits per heavy atom. The summed E-state index contributed by atoms with van der Waals surface area (Å²) >= 11 is 0. The molecule has 0 spiro atoms. The molecular formula is C26H27NO6. The molecule has 0 aliphatic heterocycles. The van der Waals surface area contributed by atoms with Crippen LogP contribution in [0.25, 0.3) is 0 Å². The van der Waals surface area contributed by atoms with E-state index in [-0.39, 0.29) is 12.6 Å². The third-order valence-electron chi connectivity index (χ3n) is 4.99. The Bertz CT molecular complexity index is 1080. The maximum Gasteiger partial charge on any atom is 0.339 e. The lowest BCUT2D eigenvalue weighted by molar-refractivity contribution is -0.124. The van der Waals surface area contributed by atoms with E-state index >= 15 is 0 Å². The van der Waals surface area contributed by atoms with Crippen LogP contribution in [0.4, 0.5) is 0 Å². The number of methoxy groups -OCH3 is 2. The number of rotatable bonds is 10. The van der Waals surface area contributed by atoms with E-state index in [9.17, 15) is 9.59 Å². The number of carbonyl (C=O) groups is 2. The topological polar surface area (TPSA) is 83.1 Å². The van der Waals surface area contributed by atoms with Crippen molar-refractivity contribution >= 4 is 11.9 Å². The average molecular weight is 450 g/mol. The fourth-order valence-corrected chi connectivity index (χ4v) is 3.27.